The second-order valence-corrected chi connectivity index (χ2v) is 5.85. The zero-order valence-electron chi connectivity index (χ0n) is 12.2. The first-order valence-electron chi connectivity index (χ1n) is 6.65. The zero-order chi connectivity index (χ0) is 16.1. The van der Waals surface area contributed by atoms with Crippen LogP contribution in [0, 0.1) is 6.92 Å². The number of carbonyl (C=O) groups excluding carboxylic acids is 1. The average molecular weight is 341 g/mol. The second-order valence-electron chi connectivity index (χ2n) is 4.50. The molecule has 6 nitrogen and oxygen atoms in total. The van der Waals surface area contributed by atoms with Gasteiger partial charge in [-0.1, -0.05) is 23.4 Å². The highest BCUT2D eigenvalue weighted by Gasteiger charge is 2.12. The standard InChI is InChI=1S/C14H16ClN3O3S/c1-3-18-12(16-17-14(18)22-8-13(19)20)7-21-10-4-5-11(15)9(2)6-10/h4-6H,3,7-8H2,1-2H3,(H,19,20)/p-1. The van der Waals surface area contributed by atoms with Gasteiger partial charge < -0.3 is 19.2 Å². The molecule has 1 heterocycles. The number of thioether (sulfide) groups is 1. The maximum Gasteiger partial charge on any atom is 0.191 e. The molecule has 0 fully saturated rings. The quantitative estimate of drug-likeness (QED) is 0.713. The smallest absolute Gasteiger partial charge is 0.191 e. The normalized spacial score (nSPS) is 10.7. The molecule has 0 saturated heterocycles. The van der Waals surface area contributed by atoms with Crippen molar-refractivity contribution in [2.45, 2.75) is 32.2 Å². The summed E-state index contributed by atoms with van der Waals surface area (Å²) in [5.41, 5.74) is 0.932. The fraction of sp³-hybridized carbons (Fsp3) is 0.357. The third kappa shape index (κ3) is 4.14. The monoisotopic (exact) mass is 340 g/mol. The molecule has 1 aromatic heterocycles. The Morgan fingerprint density at radius 3 is 2.86 bits per heavy atom. The second kappa shape index (κ2) is 7.51. The van der Waals surface area contributed by atoms with E-state index in [1.807, 2.05) is 24.5 Å². The van der Waals surface area contributed by atoms with E-state index in [1.165, 1.54) is 0 Å². The van der Waals surface area contributed by atoms with Crippen molar-refractivity contribution >= 4 is 29.3 Å². The van der Waals surface area contributed by atoms with Crippen LogP contribution in [-0.2, 0) is 17.9 Å². The Balaban J connectivity index is 2.06. The van der Waals surface area contributed by atoms with Crippen LogP contribution in [0.4, 0.5) is 0 Å². The molecule has 0 aliphatic rings. The van der Waals surface area contributed by atoms with Crippen molar-refractivity contribution in [3.8, 4) is 5.75 Å². The van der Waals surface area contributed by atoms with E-state index in [9.17, 15) is 9.90 Å². The van der Waals surface area contributed by atoms with E-state index in [-0.39, 0.29) is 12.4 Å². The fourth-order valence-electron chi connectivity index (χ4n) is 1.83. The van der Waals surface area contributed by atoms with Gasteiger partial charge in [-0.25, -0.2) is 0 Å². The number of benzene rings is 1. The third-order valence-corrected chi connectivity index (χ3v) is 4.29. The molecule has 22 heavy (non-hydrogen) atoms. The molecule has 8 heteroatoms. The van der Waals surface area contributed by atoms with Gasteiger partial charge in [0.25, 0.3) is 0 Å². The summed E-state index contributed by atoms with van der Waals surface area (Å²) < 4.78 is 7.51. The molecular weight excluding hydrogens is 326 g/mol. The molecule has 0 bridgehead atoms. The molecule has 0 amide bonds. The fourth-order valence-corrected chi connectivity index (χ4v) is 2.68. The number of rotatable bonds is 7. The molecule has 0 spiro atoms. The van der Waals surface area contributed by atoms with Crippen LogP contribution in [0.3, 0.4) is 0 Å². The van der Waals surface area contributed by atoms with Crippen molar-refractivity contribution in [2.75, 3.05) is 5.75 Å². The topological polar surface area (TPSA) is 80.1 Å². The Kier molecular flexibility index (Phi) is 5.68. The molecule has 0 radical (unpaired) electrons. The molecule has 0 atom stereocenters. The molecule has 0 unspecified atom stereocenters. The number of ether oxygens (including phenoxy) is 1. The maximum atomic E-state index is 10.5. The van der Waals surface area contributed by atoms with Gasteiger partial charge in [-0.05, 0) is 37.6 Å². The van der Waals surface area contributed by atoms with E-state index in [0.29, 0.717) is 28.3 Å². The highest BCUT2D eigenvalue weighted by atomic mass is 35.5. The largest absolute Gasteiger partial charge is 0.549 e. The molecule has 0 saturated carbocycles. The van der Waals surface area contributed by atoms with Crippen molar-refractivity contribution in [3.05, 3.63) is 34.6 Å². The summed E-state index contributed by atoms with van der Waals surface area (Å²) in [5.74, 6) is 0.0348. The number of hydrogen-bond acceptors (Lipinski definition) is 6. The maximum absolute atomic E-state index is 10.5. The summed E-state index contributed by atoms with van der Waals surface area (Å²) in [5, 5.41) is 19.8. The van der Waals surface area contributed by atoms with Crippen molar-refractivity contribution in [3.63, 3.8) is 0 Å². The van der Waals surface area contributed by atoms with Crippen molar-refractivity contribution in [1.82, 2.24) is 14.8 Å². The summed E-state index contributed by atoms with van der Waals surface area (Å²) in [4.78, 5) is 10.5. The van der Waals surface area contributed by atoms with Gasteiger partial charge in [0.1, 0.15) is 12.4 Å². The molecule has 0 N–H and O–H groups in total. The highest BCUT2D eigenvalue weighted by Crippen LogP contribution is 2.22. The summed E-state index contributed by atoms with van der Waals surface area (Å²) >= 11 is 7.05. The van der Waals surface area contributed by atoms with Crippen LogP contribution >= 0.6 is 23.4 Å². The SMILES string of the molecule is CCn1c(COc2ccc(Cl)c(C)c2)nnc1SCC(=O)[O-]. The summed E-state index contributed by atoms with van der Waals surface area (Å²) in [6.07, 6.45) is 0. The zero-order valence-corrected chi connectivity index (χ0v) is 13.8. The number of nitrogens with zero attached hydrogens (tertiary/aromatic N) is 3. The first-order valence-corrected chi connectivity index (χ1v) is 8.01. The van der Waals surface area contributed by atoms with Gasteiger partial charge in [0.15, 0.2) is 11.0 Å². The Morgan fingerprint density at radius 2 is 2.23 bits per heavy atom. The van der Waals surface area contributed by atoms with Gasteiger partial charge in [-0.3, -0.25) is 0 Å². The average Bonchev–Trinajstić information content (AvgIpc) is 2.88. The predicted octanol–water partition coefficient (Wildman–Crippen LogP) is 1.68. The number of hydrogen-bond donors (Lipinski definition) is 0. The van der Waals surface area contributed by atoms with Crippen molar-refractivity contribution in [2.24, 2.45) is 0 Å². The minimum Gasteiger partial charge on any atom is -0.549 e. The lowest BCUT2D eigenvalue weighted by atomic mass is 10.2. The van der Waals surface area contributed by atoms with Crippen LogP contribution in [0.25, 0.3) is 0 Å². The lowest BCUT2D eigenvalue weighted by Crippen LogP contribution is -2.24. The first-order chi connectivity index (χ1) is 10.5. The summed E-state index contributed by atoms with van der Waals surface area (Å²) in [6, 6.07) is 5.41. The highest BCUT2D eigenvalue weighted by molar-refractivity contribution is 7.99. The van der Waals surface area contributed by atoms with E-state index in [4.69, 9.17) is 16.3 Å². The van der Waals surface area contributed by atoms with Gasteiger partial charge in [-0.2, -0.15) is 0 Å². The summed E-state index contributed by atoms with van der Waals surface area (Å²) in [6.45, 7) is 4.70. The van der Waals surface area contributed by atoms with E-state index in [2.05, 4.69) is 10.2 Å². The third-order valence-electron chi connectivity index (χ3n) is 2.93. The van der Waals surface area contributed by atoms with Crippen LogP contribution in [0.2, 0.25) is 5.02 Å². The van der Waals surface area contributed by atoms with E-state index >= 15 is 0 Å². The van der Waals surface area contributed by atoms with E-state index in [1.54, 1.807) is 12.1 Å². The molecule has 2 rings (SSSR count). The van der Waals surface area contributed by atoms with Crippen LogP contribution in [0.5, 0.6) is 5.75 Å². The van der Waals surface area contributed by atoms with Gasteiger partial charge >= 0.3 is 0 Å². The lowest BCUT2D eigenvalue weighted by Gasteiger charge is -2.09. The van der Waals surface area contributed by atoms with Gasteiger partial charge in [0.2, 0.25) is 0 Å². The minimum atomic E-state index is -1.13. The number of aryl methyl sites for hydroxylation is 1. The van der Waals surface area contributed by atoms with Gasteiger partial charge in [0.05, 0.1) is 5.97 Å². The molecule has 1 aromatic carbocycles. The van der Waals surface area contributed by atoms with Crippen molar-refractivity contribution in [1.29, 1.82) is 0 Å². The molecule has 2 aromatic rings. The number of aromatic nitrogens is 3. The lowest BCUT2D eigenvalue weighted by molar-refractivity contribution is -0.301. The molecular formula is C14H15ClN3O3S-. The first kappa shape index (κ1) is 16.6. The number of halogens is 1. The van der Waals surface area contributed by atoms with Crippen LogP contribution < -0.4 is 9.84 Å². The number of carboxylic acids is 1. The van der Waals surface area contributed by atoms with E-state index < -0.39 is 5.97 Å². The molecule has 0 aliphatic heterocycles. The Morgan fingerprint density at radius 1 is 1.45 bits per heavy atom. The van der Waals surface area contributed by atoms with Crippen LogP contribution in [-0.4, -0.2) is 26.5 Å². The minimum absolute atomic E-state index is 0.157. The summed E-state index contributed by atoms with van der Waals surface area (Å²) in [7, 11) is 0. The number of carboxylic acid groups (broad SMARTS) is 1. The van der Waals surface area contributed by atoms with Gasteiger partial charge in [0, 0.05) is 17.3 Å². The molecule has 0 aliphatic carbocycles. The van der Waals surface area contributed by atoms with E-state index in [0.717, 1.165) is 17.3 Å². The number of carbonyl (C=O) groups is 1. The number of aliphatic carboxylic acids is 1. The molecule has 118 valence electrons. The predicted molar refractivity (Wildman–Crippen MR) is 81.9 cm³/mol. The van der Waals surface area contributed by atoms with Crippen LogP contribution in [0.15, 0.2) is 23.4 Å². The Labute approximate surface area is 137 Å². The Hall–Kier alpha value is -1.73. The van der Waals surface area contributed by atoms with Crippen LogP contribution in [0.1, 0.15) is 18.3 Å². The van der Waals surface area contributed by atoms with Crippen molar-refractivity contribution < 1.29 is 14.6 Å². The Bertz CT molecular complexity index is 675. The van der Waals surface area contributed by atoms with Gasteiger partial charge in [-0.15, -0.1) is 10.2 Å².